The van der Waals surface area contributed by atoms with Crippen molar-refractivity contribution in [3.63, 3.8) is 0 Å². The van der Waals surface area contributed by atoms with Crippen LogP contribution in [0.4, 0.5) is 5.69 Å². The first kappa shape index (κ1) is 14.7. The fourth-order valence-corrected chi connectivity index (χ4v) is 1.81. The van der Waals surface area contributed by atoms with Gasteiger partial charge in [0.2, 0.25) is 0 Å². The summed E-state index contributed by atoms with van der Waals surface area (Å²) < 4.78 is 5.68. The van der Waals surface area contributed by atoms with Crippen molar-refractivity contribution in [2.24, 2.45) is 0 Å². The molecule has 0 aliphatic carbocycles. The van der Waals surface area contributed by atoms with E-state index in [9.17, 15) is 4.79 Å². The van der Waals surface area contributed by atoms with Crippen LogP contribution in [-0.2, 0) is 11.4 Å². The zero-order valence-electron chi connectivity index (χ0n) is 11.7. The number of aliphatic carboxylic acids is 1. The molecule has 2 rings (SSSR count). The molecule has 2 aromatic rings. The summed E-state index contributed by atoms with van der Waals surface area (Å²) in [4.78, 5) is 10.5. The Morgan fingerprint density at radius 2 is 1.95 bits per heavy atom. The van der Waals surface area contributed by atoms with Crippen molar-refractivity contribution in [3.05, 3.63) is 65.2 Å². The number of nitrogens with two attached hydrogens (primary N) is 1. The highest BCUT2D eigenvalue weighted by atomic mass is 16.5. The first-order valence-electron chi connectivity index (χ1n) is 6.53. The van der Waals surface area contributed by atoms with Crippen LogP contribution in [-0.4, -0.2) is 11.1 Å². The van der Waals surface area contributed by atoms with Gasteiger partial charge >= 0.3 is 5.97 Å². The fourth-order valence-electron chi connectivity index (χ4n) is 1.81. The summed E-state index contributed by atoms with van der Waals surface area (Å²) in [6.45, 7) is 2.47. The third-order valence-corrected chi connectivity index (χ3v) is 2.97. The van der Waals surface area contributed by atoms with E-state index in [-0.39, 0.29) is 0 Å². The van der Waals surface area contributed by atoms with Crippen LogP contribution in [0.3, 0.4) is 0 Å². The van der Waals surface area contributed by atoms with E-state index in [1.54, 1.807) is 18.2 Å². The smallest absolute Gasteiger partial charge is 0.328 e. The Kier molecular flexibility index (Phi) is 4.61. The molecule has 0 atom stereocenters. The normalized spacial score (nSPS) is 10.7. The van der Waals surface area contributed by atoms with Gasteiger partial charge < -0.3 is 15.6 Å². The number of benzene rings is 2. The van der Waals surface area contributed by atoms with E-state index >= 15 is 0 Å². The lowest BCUT2D eigenvalue weighted by atomic mass is 10.1. The molecule has 0 fully saturated rings. The minimum absolute atomic E-state index is 0.439. The highest BCUT2D eigenvalue weighted by Gasteiger charge is 2.02. The van der Waals surface area contributed by atoms with Crippen LogP contribution in [0.5, 0.6) is 5.75 Å². The predicted octanol–water partition coefficient (Wildman–Crippen LogP) is 3.25. The van der Waals surface area contributed by atoms with Gasteiger partial charge in [-0.3, -0.25) is 0 Å². The number of aryl methyl sites for hydroxylation is 1. The average molecular weight is 283 g/mol. The Morgan fingerprint density at radius 3 is 2.57 bits per heavy atom. The number of carboxylic acid groups (broad SMARTS) is 1. The predicted molar refractivity (Wildman–Crippen MR) is 83.0 cm³/mol. The Balaban J connectivity index is 2.04. The van der Waals surface area contributed by atoms with E-state index in [0.29, 0.717) is 18.0 Å². The minimum atomic E-state index is -0.992. The number of ether oxygens (including phenoxy) is 1. The summed E-state index contributed by atoms with van der Waals surface area (Å²) >= 11 is 0. The Labute approximate surface area is 123 Å². The second kappa shape index (κ2) is 6.61. The third kappa shape index (κ3) is 4.38. The largest absolute Gasteiger partial charge is 0.487 e. The second-order valence-electron chi connectivity index (χ2n) is 4.74. The molecule has 0 amide bonds. The van der Waals surface area contributed by atoms with Crippen molar-refractivity contribution in [2.45, 2.75) is 13.5 Å². The van der Waals surface area contributed by atoms with E-state index in [0.717, 1.165) is 17.2 Å². The Bertz CT molecular complexity index is 660. The fraction of sp³-hybridized carbons (Fsp3) is 0.118. The lowest BCUT2D eigenvalue weighted by Crippen LogP contribution is -1.99. The van der Waals surface area contributed by atoms with E-state index in [1.807, 2.05) is 31.2 Å². The maximum Gasteiger partial charge on any atom is 0.328 e. The maximum absolute atomic E-state index is 10.5. The Hall–Kier alpha value is -2.75. The molecule has 0 unspecified atom stereocenters. The van der Waals surface area contributed by atoms with E-state index in [4.69, 9.17) is 15.6 Å². The molecule has 3 N–H and O–H groups in total. The third-order valence-electron chi connectivity index (χ3n) is 2.97. The van der Waals surface area contributed by atoms with Crippen molar-refractivity contribution in [3.8, 4) is 5.75 Å². The van der Waals surface area contributed by atoms with E-state index < -0.39 is 5.97 Å². The summed E-state index contributed by atoms with van der Waals surface area (Å²) in [5.41, 5.74) is 9.38. The molecule has 0 bridgehead atoms. The van der Waals surface area contributed by atoms with Crippen LogP contribution < -0.4 is 10.5 Å². The highest BCUT2D eigenvalue weighted by molar-refractivity contribution is 5.85. The molecule has 0 spiro atoms. The summed E-state index contributed by atoms with van der Waals surface area (Å²) in [5, 5.41) is 8.59. The van der Waals surface area contributed by atoms with Gasteiger partial charge in [0, 0.05) is 6.08 Å². The molecule has 0 heterocycles. The van der Waals surface area contributed by atoms with Crippen LogP contribution in [0.15, 0.2) is 48.5 Å². The zero-order valence-corrected chi connectivity index (χ0v) is 11.7. The van der Waals surface area contributed by atoms with Gasteiger partial charge in [-0.1, -0.05) is 35.9 Å². The summed E-state index contributed by atoms with van der Waals surface area (Å²) in [6.07, 6.45) is 2.56. The van der Waals surface area contributed by atoms with Crippen molar-refractivity contribution in [1.82, 2.24) is 0 Å². The quantitative estimate of drug-likeness (QED) is 0.652. The minimum Gasteiger partial charge on any atom is -0.487 e. The van der Waals surface area contributed by atoms with E-state index in [2.05, 4.69) is 0 Å². The lowest BCUT2D eigenvalue weighted by molar-refractivity contribution is -0.131. The molecule has 0 radical (unpaired) electrons. The molecule has 21 heavy (non-hydrogen) atoms. The van der Waals surface area contributed by atoms with Gasteiger partial charge in [-0.15, -0.1) is 0 Å². The van der Waals surface area contributed by atoms with Crippen molar-refractivity contribution in [2.75, 3.05) is 5.73 Å². The molecule has 4 nitrogen and oxygen atoms in total. The van der Waals surface area contributed by atoms with Crippen molar-refractivity contribution in [1.29, 1.82) is 0 Å². The lowest BCUT2D eigenvalue weighted by Gasteiger charge is -2.09. The average Bonchev–Trinajstić information content (AvgIpc) is 2.46. The molecular formula is C17H17NO3. The van der Waals surface area contributed by atoms with Crippen molar-refractivity contribution < 1.29 is 14.6 Å². The van der Waals surface area contributed by atoms with Crippen LogP contribution in [0, 0.1) is 6.92 Å². The molecule has 0 aromatic heterocycles. The second-order valence-corrected chi connectivity index (χ2v) is 4.74. The van der Waals surface area contributed by atoms with E-state index in [1.165, 1.54) is 11.6 Å². The molecule has 0 aliphatic rings. The molecular weight excluding hydrogens is 266 g/mol. The zero-order chi connectivity index (χ0) is 15.2. The summed E-state index contributed by atoms with van der Waals surface area (Å²) in [7, 11) is 0. The molecule has 0 saturated carbocycles. The molecule has 4 heteroatoms. The van der Waals surface area contributed by atoms with Gasteiger partial charge in [0.15, 0.2) is 0 Å². The number of carbonyl (C=O) groups is 1. The number of anilines is 1. The van der Waals surface area contributed by atoms with Crippen molar-refractivity contribution >= 4 is 17.7 Å². The van der Waals surface area contributed by atoms with Gasteiger partial charge in [0.1, 0.15) is 12.4 Å². The molecule has 0 saturated heterocycles. The molecule has 2 aromatic carbocycles. The number of rotatable bonds is 5. The standard InChI is InChI=1S/C17H17NO3/c1-12-2-4-14(5-3-12)11-21-16-8-6-13(10-15(16)18)7-9-17(19)20/h2-10H,11,18H2,1H3,(H,19,20)/b9-7-. The summed E-state index contributed by atoms with van der Waals surface area (Å²) in [6, 6.07) is 13.3. The van der Waals surface area contributed by atoms with Gasteiger partial charge in [-0.25, -0.2) is 4.79 Å². The topological polar surface area (TPSA) is 72.5 Å². The molecule has 0 aliphatic heterocycles. The number of hydrogen-bond donors (Lipinski definition) is 2. The van der Waals surface area contributed by atoms with Gasteiger partial charge in [-0.05, 0) is 36.3 Å². The van der Waals surface area contributed by atoms with Crippen LogP contribution in [0.1, 0.15) is 16.7 Å². The SMILES string of the molecule is Cc1ccc(COc2ccc(/C=C\C(=O)O)cc2N)cc1. The first-order chi connectivity index (χ1) is 10.0. The molecule has 108 valence electrons. The monoisotopic (exact) mass is 283 g/mol. The number of hydrogen-bond acceptors (Lipinski definition) is 3. The van der Waals surface area contributed by atoms with Gasteiger partial charge in [0.05, 0.1) is 5.69 Å². The number of nitrogen functional groups attached to an aromatic ring is 1. The highest BCUT2D eigenvalue weighted by Crippen LogP contribution is 2.24. The van der Waals surface area contributed by atoms with Crippen LogP contribution in [0.25, 0.3) is 6.08 Å². The summed E-state index contributed by atoms with van der Waals surface area (Å²) in [5.74, 6) is -0.406. The first-order valence-corrected chi connectivity index (χ1v) is 6.53. The Morgan fingerprint density at radius 1 is 1.24 bits per heavy atom. The maximum atomic E-state index is 10.5. The van der Waals surface area contributed by atoms with Gasteiger partial charge in [-0.2, -0.15) is 0 Å². The number of carboxylic acids is 1. The van der Waals surface area contributed by atoms with Crippen LogP contribution in [0.2, 0.25) is 0 Å². The van der Waals surface area contributed by atoms with Gasteiger partial charge in [0.25, 0.3) is 0 Å². The van der Waals surface area contributed by atoms with Crippen LogP contribution >= 0.6 is 0 Å².